The second kappa shape index (κ2) is 9.52. The Labute approximate surface area is 142 Å². The average Bonchev–Trinajstić information content (AvgIpc) is 3.08. The van der Waals surface area contributed by atoms with Gasteiger partial charge in [-0.2, -0.15) is 0 Å². The number of thiophene rings is 1. The summed E-state index contributed by atoms with van der Waals surface area (Å²) in [7, 11) is 1.78. The van der Waals surface area contributed by atoms with Crippen molar-refractivity contribution in [2.24, 2.45) is 16.6 Å². The van der Waals surface area contributed by atoms with E-state index < -0.39 is 0 Å². The molecule has 0 bridgehead atoms. The quantitative estimate of drug-likeness (QED) is 0.394. The minimum Gasteiger partial charge on any atom is -0.369 e. The number of primary amides is 1. The van der Waals surface area contributed by atoms with E-state index in [0.29, 0.717) is 0 Å². The van der Waals surface area contributed by atoms with Crippen molar-refractivity contribution in [1.29, 1.82) is 0 Å². The topological polar surface area (TPSA) is 82.8 Å². The molecule has 1 saturated heterocycles. The summed E-state index contributed by atoms with van der Waals surface area (Å²) < 4.78 is 0. The lowest BCUT2D eigenvalue weighted by molar-refractivity contribution is -0.123. The van der Waals surface area contributed by atoms with Crippen molar-refractivity contribution >= 4 is 23.2 Å². The number of amides is 1. The second-order valence-corrected chi connectivity index (χ2v) is 6.86. The molecule has 7 heteroatoms. The van der Waals surface area contributed by atoms with Crippen LogP contribution in [0.25, 0.3) is 0 Å². The first kappa shape index (κ1) is 17.7. The van der Waals surface area contributed by atoms with Gasteiger partial charge in [-0.15, -0.1) is 11.3 Å². The molecule has 1 fully saturated rings. The number of nitrogens with one attached hydrogen (secondary N) is 2. The highest BCUT2D eigenvalue weighted by Gasteiger charge is 2.23. The third kappa shape index (κ3) is 6.19. The third-order valence-corrected chi connectivity index (χ3v) is 4.96. The molecule has 1 aliphatic rings. The number of nitrogens with two attached hydrogens (primary N) is 1. The van der Waals surface area contributed by atoms with E-state index in [1.807, 2.05) is 0 Å². The maximum absolute atomic E-state index is 11.3. The normalized spacial score (nSPS) is 19.5. The Morgan fingerprint density at radius 1 is 1.52 bits per heavy atom. The third-order valence-electron chi connectivity index (χ3n) is 4.09. The van der Waals surface area contributed by atoms with Crippen molar-refractivity contribution in [3.05, 3.63) is 22.4 Å². The number of likely N-dealkylation sites (tertiary alicyclic amines) is 1. The van der Waals surface area contributed by atoms with E-state index in [9.17, 15) is 4.79 Å². The molecular formula is C16H27N5OS. The second-order valence-electron chi connectivity index (χ2n) is 5.83. The van der Waals surface area contributed by atoms with Crippen LogP contribution >= 0.6 is 11.3 Å². The summed E-state index contributed by atoms with van der Waals surface area (Å²) in [6, 6.07) is 4.16. The zero-order chi connectivity index (χ0) is 16.5. The van der Waals surface area contributed by atoms with Crippen LogP contribution in [0.5, 0.6) is 0 Å². The molecule has 1 aromatic heterocycles. The number of guanidine groups is 1. The van der Waals surface area contributed by atoms with Gasteiger partial charge in [-0.3, -0.25) is 9.79 Å². The van der Waals surface area contributed by atoms with Gasteiger partial charge in [0.25, 0.3) is 0 Å². The van der Waals surface area contributed by atoms with E-state index in [4.69, 9.17) is 5.73 Å². The Kier molecular flexibility index (Phi) is 7.35. The van der Waals surface area contributed by atoms with Crippen molar-refractivity contribution in [2.45, 2.75) is 25.8 Å². The molecule has 6 nitrogen and oxygen atoms in total. The summed E-state index contributed by atoms with van der Waals surface area (Å²) >= 11 is 1.74. The van der Waals surface area contributed by atoms with Crippen LogP contribution in [0.15, 0.2) is 22.5 Å². The molecule has 1 aromatic rings. The molecule has 1 amide bonds. The summed E-state index contributed by atoms with van der Waals surface area (Å²) in [6.07, 6.45) is 3.01. The zero-order valence-corrected chi connectivity index (χ0v) is 14.6. The van der Waals surface area contributed by atoms with Crippen LogP contribution in [0, 0.1) is 5.92 Å². The van der Waals surface area contributed by atoms with Gasteiger partial charge < -0.3 is 21.3 Å². The summed E-state index contributed by atoms with van der Waals surface area (Å²) in [6.45, 7) is 4.51. The van der Waals surface area contributed by atoms with E-state index in [-0.39, 0.29) is 11.8 Å². The van der Waals surface area contributed by atoms with Gasteiger partial charge in [-0.05, 0) is 43.8 Å². The van der Waals surface area contributed by atoms with Crippen molar-refractivity contribution in [2.75, 3.05) is 33.2 Å². The standard InChI is InChI=1S/C16H27N5OS/c1-18-16(20-11-14-6-3-10-23-14)19-7-4-9-21-8-2-5-13(12-21)15(17)22/h3,6,10,13H,2,4-5,7-9,11-12H2,1H3,(H2,17,22)(H2,18,19,20). The van der Waals surface area contributed by atoms with Gasteiger partial charge in [-0.25, -0.2) is 0 Å². The molecular weight excluding hydrogens is 310 g/mol. The molecule has 2 heterocycles. The van der Waals surface area contributed by atoms with Gasteiger partial charge >= 0.3 is 0 Å². The molecule has 0 aromatic carbocycles. The van der Waals surface area contributed by atoms with Gasteiger partial charge in [0, 0.05) is 25.0 Å². The summed E-state index contributed by atoms with van der Waals surface area (Å²) in [5, 5.41) is 8.71. The van der Waals surface area contributed by atoms with E-state index in [1.165, 1.54) is 4.88 Å². The van der Waals surface area contributed by atoms with E-state index in [1.54, 1.807) is 18.4 Å². The van der Waals surface area contributed by atoms with Gasteiger partial charge in [0.1, 0.15) is 0 Å². The lowest BCUT2D eigenvalue weighted by atomic mass is 9.97. The molecule has 2 rings (SSSR count). The molecule has 0 spiro atoms. The molecule has 128 valence electrons. The van der Waals surface area contributed by atoms with Crippen LogP contribution in [-0.4, -0.2) is 50.0 Å². The molecule has 0 radical (unpaired) electrons. The molecule has 4 N–H and O–H groups in total. The maximum atomic E-state index is 11.3. The smallest absolute Gasteiger partial charge is 0.221 e. The number of carbonyl (C=O) groups excluding carboxylic acids is 1. The molecule has 0 aliphatic carbocycles. The Morgan fingerprint density at radius 2 is 2.39 bits per heavy atom. The Morgan fingerprint density at radius 3 is 3.09 bits per heavy atom. The highest BCUT2D eigenvalue weighted by molar-refractivity contribution is 7.09. The molecule has 1 aliphatic heterocycles. The Bertz CT molecular complexity index is 503. The largest absolute Gasteiger partial charge is 0.369 e. The zero-order valence-electron chi connectivity index (χ0n) is 13.8. The van der Waals surface area contributed by atoms with Crippen LogP contribution in [-0.2, 0) is 11.3 Å². The van der Waals surface area contributed by atoms with Gasteiger partial charge in [-0.1, -0.05) is 6.07 Å². The van der Waals surface area contributed by atoms with E-state index in [0.717, 1.165) is 57.9 Å². The summed E-state index contributed by atoms with van der Waals surface area (Å²) in [5.74, 6) is 0.690. The fourth-order valence-electron chi connectivity index (χ4n) is 2.80. The predicted molar refractivity (Wildman–Crippen MR) is 95.5 cm³/mol. The first-order valence-corrected chi connectivity index (χ1v) is 9.05. The average molecular weight is 337 g/mol. The monoisotopic (exact) mass is 337 g/mol. The fourth-order valence-corrected chi connectivity index (χ4v) is 3.45. The minimum atomic E-state index is -0.161. The first-order chi connectivity index (χ1) is 11.2. The van der Waals surface area contributed by atoms with Crippen LogP contribution in [0.4, 0.5) is 0 Å². The molecule has 1 unspecified atom stereocenters. The summed E-state index contributed by atoms with van der Waals surface area (Å²) in [5.41, 5.74) is 5.41. The number of carbonyl (C=O) groups is 1. The van der Waals surface area contributed by atoms with E-state index >= 15 is 0 Å². The van der Waals surface area contributed by atoms with Gasteiger partial charge in [0.2, 0.25) is 5.91 Å². The highest BCUT2D eigenvalue weighted by Crippen LogP contribution is 2.15. The van der Waals surface area contributed by atoms with Crippen molar-refractivity contribution in [3.63, 3.8) is 0 Å². The molecule has 1 atom stereocenters. The number of hydrogen-bond acceptors (Lipinski definition) is 4. The summed E-state index contributed by atoms with van der Waals surface area (Å²) in [4.78, 5) is 19.1. The maximum Gasteiger partial charge on any atom is 0.221 e. The highest BCUT2D eigenvalue weighted by atomic mass is 32.1. The van der Waals surface area contributed by atoms with Crippen LogP contribution < -0.4 is 16.4 Å². The van der Waals surface area contributed by atoms with Gasteiger partial charge in [0.05, 0.1) is 12.5 Å². The number of rotatable bonds is 7. The molecule has 23 heavy (non-hydrogen) atoms. The van der Waals surface area contributed by atoms with Crippen molar-refractivity contribution in [3.8, 4) is 0 Å². The molecule has 0 saturated carbocycles. The van der Waals surface area contributed by atoms with Gasteiger partial charge in [0.15, 0.2) is 5.96 Å². The number of hydrogen-bond donors (Lipinski definition) is 3. The lowest BCUT2D eigenvalue weighted by Gasteiger charge is -2.31. The Hall–Kier alpha value is -1.60. The predicted octanol–water partition coefficient (Wildman–Crippen LogP) is 1.00. The SMILES string of the molecule is CN=C(NCCCN1CCCC(C(N)=O)C1)NCc1cccs1. The minimum absolute atomic E-state index is 0.0249. The van der Waals surface area contributed by atoms with Crippen molar-refractivity contribution in [1.82, 2.24) is 15.5 Å². The first-order valence-electron chi connectivity index (χ1n) is 8.17. The van der Waals surface area contributed by atoms with Crippen LogP contribution in [0.2, 0.25) is 0 Å². The van der Waals surface area contributed by atoms with Crippen LogP contribution in [0.1, 0.15) is 24.1 Å². The Balaban J connectivity index is 1.61. The lowest BCUT2D eigenvalue weighted by Crippen LogP contribution is -2.42. The van der Waals surface area contributed by atoms with Crippen LogP contribution in [0.3, 0.4) is 0 Å². The van der Waals surface area contributed by atoms with Crippen molar-refractivity contribution < 1.29 is 4.79 Å². The fraction of sp³-hybridized carbons (Fsp3) is 0.625. The number of piperidine rings is 1. The number of nitrogens with zero attached hydrogens (tertiary/aromatic N) is 2. The van der Waals surface area contributed by atoms with E-state index in [2.05, 4.69) is 38.0 Å². The number of aliphatic imine (C=N–C) groups is 1.